The van der Waals surface area contributed by atoms with E-state index in [2.05, 4.69) is 25.9 Å². The van der Waals surface area contributed by atoms with Crippen molar-refractivity contribution in [3.8, 4) is 34.1 Å². The van der Waals surface area contributed by atoms with Gasteiger partial charge in [0, 0.05) is 38.4 Å². The van der Waals surface area contributed by atoms with Crippen molar-refractivity contribution in [2.75, 3.05) is 7.11 Å². The summed E-state index contributed by atoms with van der Waals surface area (Å²) in [6.07, 6.45) is 1.82. The Kier molecular flexibility index (Phi) is 6.06. The number of methoxy groups -OCH3 is 1. The number of nitrogens with one attached hydrogen (secondary N) is 1. The lowest BCUT2D eigenvalue weighted by Gasteiger charge is -2.11. The highest BCUT2D eigenvalue weighted by molar-refractivity contribution is 9.10. The van der Waals surface area contributed by atoms with Gasteiger partial charge in [0.25, 0.3) is 0 Å². The van der Waals surface area contributed by atoms with Gasteiger partial charge in [-0.05, 0) is 48.5 Å². The van der Waals surface area contributed by atoms with Crippen molar-refractivity contribution in [1.29, 1.82) is 0 Å². The first kappa shape index (κ1) is 20.4. The number of halogens is 3. The maximum Gasteiger partial charge on any atom is 0.138 e. The summed E-state index contributed by atoms with van der Waals surface area (Å²) < 4.78 is 26.0. The fraction of sp³-hybridized carbons (Fsp3) is 0.0870. The summed E-state index contributed by atoms with van der Waals surface area (Å²) >= 11 is 9.20. The van der Waals surface area contributed by atoms with Crippen molar-refractivity contribution in [3.05, 3.63) is 87.7 Å². The number of aromatic amines is 1. The topological polar surface area (TPSA) is 47.1 Å². The van der Waals surface area contributed by atoms with E-state index < -0.39 is 0 Å². The first-order valence-electron chi connectivity index (χ1n) is 9.10. The highest BCUT2D eigenvalue weighted by Gasteiger charge is 2.13. The molecule has 1 aromatic heterocycles. The van der Waals surface area contributed by atoms with Gasteiger partial charge in [-0.3, -0.25) is 0 Å². The van der Waals surface area contributed by atoms with E-state index in [0.29, 0.717) is 26.6 Å². The minimum atomic E-state index is -0.320. The molecule has 0 spiro atoms. The zero-order chi connectivity index (χ0) is 21.1. The van der Waals surface area contributed by atoms with E-state index in [-0.39, 0.29) is 12.4 Å². The Balaban J connectivity index is 1.54. The van der Waals surface area contributed by atoms with Crippen LogP contribution in [0.4, 0.5) is 4.39 Å². The molecule has 0 atom stereocenters. The van der Waals surface area contributed by atoms with Crippen LogP contribution in [-0.2, 0) is 6.61 Å². The van der Waals surface area contributed by atoms with E-state index in [9.17, 15) is 4.39 Å². The van der Waals surface area contributed by atoms with Gasteiger partial charge in [-0.15, -0.1) is 0 Å². The molecule has 7 heteroatoms. The molecule has 0 aliphatic rings. The first-order valence-corrected chi connectivity index (χ1v) is 10.3. The molecule has 30 heavy (non-hydrogen) atoms. The van der Waals surface area contributed by atoms with Crippen LogP contribution in [0.3, 0.4) is 0 Å². The molecular formula is C23H17BrClFN2O2. The fourth-order valence-electron chi connectivity index (χ4n) is 2.99. The lowest BCUT2D eigenvalue weighted by molar-refractivity contribution is 0.297. The van der Waals surface area contributed by atoms with Crippen LogP contribution in [0.1, 0.15) is 5.56 Å². The first-order chi connectivity index (χ1) is 14.5. The van der Waals surface area contributed by atoms with Crippen LogP contribution < -0.4 is 9.47 Å². The summed E-state index contributed by atoms with van der Waals surface area (Å²) in [7, 11) is 1.59. The van der Waals surface area contributed by atoms with Gasteiger partial charge in [-0.25, -0.2) is 9.37 Å². The van der Waals surface area contributed by atoms with Gasteiger partial charge in [0.1, 0.15) is 29.7 Å². The predicted octanol–water partition coefficient (Wildman–Crippen LogP) is 6.89. The van der Waals surface area contributed by atoms with Gasteiger partial charge in [0.15, 0.2) is 0 Å². The quantitative estimate of drug-likeness (QED) is 0.322. The van der Waals surface area contributed by atoms with Crippen molar-refractivity contribution in [1.82, 2.24) is 9.97 Å². The van der Waals surface area contributed by atoms with Crippen LogP contribution in [0.25, 0.3) is 22.6 Å². The van der Waals surface area contributed by atoms with E-state index in [4.69, 9.17) is 21.1 Å². The van der Waals surface area contributed by atoms with Crippen molar-refractivity contribution in [3.63, 3.8) is 0 Å². The number of ether oxygens (including phenoxy) is 2. The van der Waals surface area contributed by atoms with E-state index in [1.165, 1.54) is 6.07 Å². The zero-order valence-corrected chi connectivity index (χ0v) is 18.3. The van der Waals surface area contributed by atoms with Crippen LogP contribution in [0.5, 0.6) is 11.5 Å². The molecule has 0 unspecified atom stereocenters. The monoisotopic (exact) mass is 486 g/mol. The van der Waals surface area contributed by atoms with Crippen molar-refractivity contribution in [2.45, 2.75) is 6.61 Å². The van der Waals surface area contributed by atoms with E-state index in [1.807, 2.05) is 42.6 Å². The number of nitrogens with zero attached hydrogens (tertiary/aromatic N) is 1. The Morgan fingerprint density at radius 3 is 2.60 bits per heavy atom. The lowest BCUT2D eigenvalue weighted by Crippen LogP contribution is -1.99. The third-order valence-electron chi connectivity index (χ3n) is 4.55. The maximum absolute atomic E-state index is 14.0. The smallest absolute Gasteiger partial charge is 0.138 e. The van der Waals surface area contributed by atoms with E-state index >= 15 is 0 Å². The van der Waals surface area contributed by atoms with Gasteiger partial charge in [-0.1, -0.05) is 33.6 Å². The van der Waals surface area contributed by atoms with Gasteiger partial charge >= 0.3 is 0 Å². The highest BCUT2D eigenvalue weighted by atomic mass is 79.9. The van der Waals surface area contributed by atoms with Gasteiger partial charge in [0.2, 0.25) is 0 Å². The number of hydrogen-bond donors (Lipinski definition) is 1. The van der Waals surface area contributed by atoms with Crippen LogP contribution in [0, 0.1) is 5.82 Å². The molecule has 0 fully saturated rings. The Bertz CT molecular complexity index is 1180. The van der Waals surface area contributed by atoms with Crippen molar-refractivity contribution >= 4 is 27.5 Å². The zero-order valence-electron chi connectivity index (χ0n) is 16.0. The lowest BCUT2D eigenvalue weighted by atomic mass is 10.1. The second-order valence-electron chi connectivity index (χ2n) is 6.53. The number of rotatable bonds is 6. The largest absolute Gasteiger partial charge is 0.496 e. The Morgan fingerprint density at radius 2 is 1.87 bits per heavy atom. The molecule has 0 saturated carbocycles. The summed E-state index contributed by atoms with van der Waals surface area (Å²) in [5, 5.41) is 0.672. The van der Waals surface area contributed by atoms with Crippen LogP contribution in [-0.4, -0.2) is 17.1 Å². The molecule has 3 aromatic carbocycles. The van der Waals surface area contributed by atoms with Crippen molar-refractivity contribution in [2.24, 2.45) is 0 Å². The molecule has 0 amide bonds. The maximum atomic E-state index is 14.0. The van der Waals surface area contributed by atoms with Crippen LogP contribution >= 0.6 is 27.5 Å². The number of H-pyrrole nitrogens is 1. The number of aromatic nitrogens is 2. The summed E-state index contributed by atoms with van der Waals surface area (Å²) in [6, 6.07) is 17.8. The Labute approximate surface area is 186 Å². The second-order valence-corrected chi connectivity index (χ2v) is 7.88. The molecule has 4 rings (SSSR count). The van der Waals surface area contributed by atoms with Crippen LogP contribution in [0.15, 0.2) is 71.3 Å². The number of hydrogen-bond acceptors (Lipinski definition) is 3. The van der Waals surface area contributed by atoms with E-state index in [1.54, 1.807) is 25.3 Å². The predicted molar refractivity (Wildman–Crippen MR) is 119 cm³/mol. The molecule has 4 aromatic rings. The average molecular weight is 488 g/mol. The van der Waals surface area contributed by atoms with Gasteiger partial charge in [0.05, 0.1) is 12.8 Å². The second kappa shape index (κ2) is 8.90. The fourth-order valence-corrected chi connectivity index (χ4v) is 3.45. The van der Waals surface area contributed by atoms with Gasteiger partial charge < -0.3 is 14.5 Å². The van der Waals surface area contributed by atoms with Crippen LogP contribution in [0.2, 0.25) is 5.02 Å². The van der Waals surface area contributed by atoms with Crippen molar-refractivity contribution < 1.29 is 13.9 Å². The minimum Gasteiger partial charge on any atom is -0.496 e. The molecule has 0 radical (unpaired) electrons. The number of imidazole rings is 1. The summed E-state index contributed by atoms with van der Waals surface area (Å²) in [5.74, 6) is 1.60. The molecular weight excluding hydrogens is 471 g/mol. The molecule has 0 aliphatic heterocycles. The molecule has 1 heterocycles. The summed E-state index contributed by atoms with van der Waals surface area (Å²) in [4.78, 5) is 7.84. The van der Waals surface area contributed by atoms with Gasteiger partial charge in [-0.2, -0.15) is 0 Å². The summed E-state index contributed by atoms with van der Waals surface area (Å²) in [6.45, 7) is 0.116. The SMILES string of the molecule is COc1cc(OCc2ccc(Br)cc2F)ccc1-c1c[nH]c(-c2ccc(Cl)cc2)n1. The summed E-state index contributed by atoms with van der Waals surface area (Å²) in [5.41, 5.74) is 2.96. The molecule has 0 aliphatic carbocycles. The number of benzene rings is 3. The highest BCUT2D eigenvalue weighted by Crippen LogP contribution is 2.34. The standard InChI is InChI=1S/C23H17BrClFN2O2/c1-29-22-11-18(30-13-15-2-5-16(24)10-20(15)26)8-9-19(22)21-12-27-23(28-21)14-3-6-17(25)7-4-14/h2-12H,13H2,1H3,(H,27,28). The van der Waals surface area contributed by atoms with E-state index in [0.717, 1.165) is 22.6 Å². The Hall–Kier alpha value is -2.83. The average Bonchev–Trinajstić information content (AvgIpc) is 3.23. The molecule has 1 N–H and O–H groups in total. The molecule has 4 nitrogen and oxygen atoms in total. The molecule has 0 saturated heterocycles. The normalized spacial score (nSPS) is 10.8. The third-order valence-corrected chi connectivity index (χ3v) is 5.30. The Morgan fingerprint density at radius 1 is 1.07 bits per heavy atom. The minimum absolute atomic E-state index is 0.116. The molecule has 152 valence electrons. The molecule has 0 bridgehead atoms. The third kappa shape index (κ3) is 4.50.